The van der Waals surface area contributed by atoms with Gasteiger partial charge in [-0.25, -0.2) is 0 Å². The molecule has 1 heterocycles. The third-order valence-electron chi connectivity index (χ3n) is 3.62. The number of aryl methyl sites for hydroxylation is 1. The highest BCUT2D eigenvalue weighted by Gasteiger charge is 2.26. The van der Waals surface area contributed by atoms with Crippen LogP contribution in [0.5, 0.6) is 0 Å². The van der Waals surface area contributed by atoms with Crippen LogP contribution < -0.4 is 5.73 Å². The van der Waals surface area contributed by atoms with E-state index in [4.69, 9.17) is 5.73 Å². The molecule has 88 valence electrons. The van der Waals surface area contributed by atoms with E-state index in [9.17, 15) is 0 Å². The molecule has 0 spiro atoms. The Morgan fingerprint density at radius 3 is 2.62 bits per heavy atom. The first-order valence-electron chi connectivity index (χ1n) is 6.27. The summed E-state index contributed by atoms with van der Waals surface area (Å²) in [5, 5.41) is 0. The summed E-state index contributed by atoms with van der Waals surface area (Å²) in [6, 6.07) is 9.79. The molecule has 0 saturated carbocycles. The average molecular weight is 218 g/mol. The summed E-state index contributed by atoms with van der Waals surface area (Å²) in [7, 11) is 0. The largest absolute Gasteiger partial charge is 0.328 e. The van der Waals surface area contributed by atoms with Gasteiger partial charge in [-0.15, -0.1) is 0 Å². The normalized spacial score (nSPS) is 26.9. The van der Waals surface area contributed by atoms with E-state index >= 15 is 0 Å². The Kier molecular flexibility index (Phi) is 3.62. The van der Waals surface area contributed by atoms with Crippen LogP contribution in [0, 0.1) is 6.92 Å². The van der Waals surface area contributed by atoms with Crippen molar-refractivity contribution in [3.63, 3.8) is 0 Å². The SMILES string of the molecule is CCN1CCC(N)CC1c1ccc(C)cc1. The molecule has 2 N–H and O–H groups in total. The molecule has 1 aromatic carbocycles. The molecule has 1 saturated heterocycles. The van der Waals surface area contributed by atoms with Crippen LogP contribution >= 0.6 is 0 Å². The predicted octanol–water partition coefficient (Wildman–Crippen LogP) is 2.48. The monoisotopic (exact) mass is 218 g/mol. The van der Waals surface area contributed by atoms with Gasteiger partial charge >= 0.3 is 0 Å². The summed E-state index contributed by atoms with van der Waals surface area (Å²) in [5.41, 5.74) is 8.83. The summed E-state index contributed by atoms with van der Waals surface area (Å²) in [6.45, 7) is 6.62. The van der Waals surface area contributed by atoms with Gasteiger partial charge in [-0.05, 0) is 31.9 Å². The van der Waals surface area contributed by atoms with E-state index in [0.717, 1.165) is 25.9 Å². The zero-order chi connectivity index (χ0) is 11.5. The quantitative estimate of drug-likeness (QED) is 0.826. The molecule has 2 rings (SSSR count). The second-order valence-electron chi connectivity index (χ2n) is 4.84. The van der Waals surface area contributed by atoms with Crippen molar-refractivity contribution in [2.75, 3.05) is 13.1 Å². The molecule has 0 amide bonds. The number of hydrogen-bond donors (Lipinski definition) is 1. The molecule has 2 heteroatoms. The minimum atomic E-state index is 0.370. The van der Waals surface area contributed by atoms with Gasteiger partial charge in [-0.3, -0.25) is 4.90 Å². The summed E-state index contributed by atoms with van der Waals surface area (Å²) in [5.74, 6) is 0. The lowest BCUT2D eigenvalue weighted by Gasteiger charge is -2.38. The van der Waals surface area contributed by atoms with E-state index in [-0.39, 0.29) is 0 Å². The molecule has 1 aliphatic heterocycles. The van der Waals surface area contributed by atoms with Crippen LogP contribution in [0.3, 0.4) is 0 Å². The molecular weight excluding hydrogens is 196 g/mol. The lowest BCUT2D eigenvalue weighted by molar-refractivity contribution is 0.143. The van der Waals surface area contributed by atoms with Gasteiger partial charge < -0.3 is 5.73 Å². The molecule has 0 bridgehead atoms. The predicted molar refractivity (Wildman–Crippen MR) is 68.4 cm³/mol. The van der Waals surface area contributed by atoms with E-state index in [0.29, 0.717) is 12.1 Å². The second kappa shape index (κ2) is 4.98. The van der Waals surface area contributed by atoms with Gasteiger partial charge in [-0.2, -0.15) is 0 Å². The van der Waals surface area contributed by atoms with Crippen LogP contribution in [0.15, 0.2) is 24.3 Å². The number of rotatable bonds is 2. The van der Waals surface area contributed by atoms with Crippen LogP contribution in [0.1, 0.15) is 36.9 Å². The summed E-state index contributed by atoms with van der Waals surface area (Å²) >= 11 is 0. The fourth-order valence-electron chi connectivity index (χ4n) is 2.56. The smallest absolute Gasteiger partial charge is 0.0362 e. The minimum absolute atomic E-state index is 0.370. The first-order valence-corrected chi connectivity index (χ1v) is 6.27. The maximum Gasteiger partial charge on any atom is 0.0362 e. The van der Waals surface area contributed by atoms with E-state index in [1.165, 1.54) is 11.1 Å². The zero-order valence-electron chi connectivity index (χ0n) is 10.3. The maximum absolute atomic E-state index is 6.08. The number of hydrogen-bond acceptors (Lipinski definition) is 2. The number of nitrogens with two attached hydrogens (primary N) is 1. The molecule has 2 unspecified atom stereocenters. The Morgan fingerprint density at radius 2 is 2.00 bits per heavy atom. The molecule has 1 aromatic rings. The van der Waals surface area contributed by atoms with Crippen molar-refractivity contribution in [3.05, 3.63) is 35.4 Å². The molecule has 0 radical (unpaired) electrons. The minimum Gasteiger partial charge on any atom is -0.328 e. The fourth-order valence-corrected chi connectivity index (χ4v) is 2.56. The van der Waals surface area contributed by atoms with Gasteiger partial charge in [-0.1, -0.05) is 36.8 Å². The second-order valence-corrected chi connectivity index (χ2v) is 4.84. The molecular formula is C14H22N2. The fraction of sp³-hybridized carbons (Fsp3) is 0.571. The highest BCUT2D eigenvalue weighted by atomic mass is 15.2. The van der Waals surface area contributed by atoms with Crippen LogP contribution in [-0.2, 0) is 0 Å². The molecule has 0 aliphatic carbocycles. The van der Waals surface area contributed by atoms with Gasteiger partial charge in [0.2, 0.25) is 0 Å². The number of nitrogens with zero attached hydrogens (tertiary/aromatic N) is 1. The van der Waals surface area contributed by atoms with Gasteiger partial charge in [0, 0.05) is 18.6 Å². The Hall–Kier alpha value is -0.860. The summed E-state index contributed by atoms with van der Waals surface area (Å²) in [6.07, 6.45) is 2.23. The van der Waals surface area contributed by atoms with Crippen molar-refractivity contribution >= 4 is 0 Å². The molecule has 2 atom stereocenters. The van der Waals surface area contributed by atoms with Crippen molar-refractivity contribution in [3.8, 4) is 0 Å². The van der Waals surface area contributed by atoms with Crippen LogP contribution in [-0.4, -0.2) is 24.0 Å². The summed E-state index contributed by atoms with van der Waals surface area (Å²) in [4.78, 5) is 2.54. The van der Waals surface area contributed by atoms with E-state index < -0.39 is 0 Å². The number of likely N-dealkylation sites (tertiary alicyclic amines) is 1. The Labute approximate surface area is 98.4 Å². The maximum atomic E-state index is 6.08. The van der Waals surface area contributed by atoms with Crippen molar-refractivity contribution in [1.29, 1.82) is 0 Å². The summed E-state index contributed by atoms with van der Waals surface area (Å²) < 4.78 is 0. The van der Waals surface area contributed by atoms with Gasteiger partial charge in [0.05, 0.1) is 0 Å². The molecule has 0 aromatic heterocycles. The Morgan fingerprint density at radius 1 is 1.31 bits per heavy atom. The molecule has 1 aliphatic rings. The van der Waals surface area contributed by atoms with Crippen molar-refractivity contribution in [2.45, 2.75) is 38.8 Å². The van der Waals surface area contributed by atoms with E-state index in [1.54, 1.807) is 0 Å². The van der Waals surface area contributed by atoms with Gasteiger partial charge in [0.25, 0.3) is 0 Å². The average Bonchev–Trinajstić information content (AvgIpc) is 2.30. The molecule has 16 heavy (non-hydrogen) atoms. The molecule has 1 fully saturated rings. The highest BCUT2D eigenvalue weighted by Crippen LogP contribution is 2.30. The zero-order valence-corrected chi connectivity index (χ0v) is 10.3. The lowest BCUT2D eigenvalue weighted by atomic mass is 9.92. The number of benzene rings is 1. The first-order chi connectivity index (χ1) is 7.70. The van der Waals surface area contributed by atoms with E-state index in [2.05, 4.69) is 43.0 Å². The van der Waals surface area contributed by atoms with Gasteiger partial charge in [0.1, 0.15) is 0 Å². The number of piperidine rings is 1. The third-order valence-corrected chi connectivity index (χ3v) is 3.62. The standard InChI is InChI=1S/C14H22N2/c1-3-16-9-8-13(15)10-14(16)12-6-4-11(2)5-7-12/h4-7,13-14H,3,8-10,15H2,1-2H3. The first kappa shape index (κ1) is 11.6. The molecule has 2 nitrogen and oxygen atoms in total. The van der Waals surface area contributed by atoms with Crippen LogP contribution in [0.25, 0.3) is 0 Å². The topological polar surface area (TPSA) is 29.3 Å². The van der Waals surface area contributed by atoms with E-state index in [1.807, 2.05) is 0 Å². The third kappa shape index (κ3) is 2.45. The highest BCUT2D eigenvalue weighted by molar-refractivity contribution is 5.24. The van der Waals surface area contributed by atoms with Gasteiger partial charge in [0.15, 0.2) is 0 Å². The van der Waals surface area contributed by atoms with Crippen molar-refractivity contribution in [1.82, 2.24) is 4.90 Å². The lowest BCUT2D eigenvalue weighted by Crippen LogP contribution is -2.41. The van der Waals surface area contributed by atoms with Crippen molar-refractivity contribution < 1.29 is 0 Å². The van der Waals surface area contributed by atoms with Crippen LogP contribution in [0.2, 0.25) is 0 Å². The Bertz CT molecular complexity index is 331. The van der Waals surface area contributed by atoms with Crippen molar-refractivity contribution in [2.24, 2.45) is 5.73 Å². The van der Waals surface area contributed by atoms with Crippen LogP contribution in [0.4, 0.5) is 0 Å². The Balaban J connectivity index is 2.18.